The first-order valence-electron chi connectivity index (χ1n) is 11.5. The molecule has 1 saturated heterocycles. The number of alkyl halides is 3. The summed E-state index contributed by atoms with van der Waals surface area (Å²) in [4.78, 5) is 6.78. The Hall–Kier alpha value is -3.05. The van der Waals surface area contributed by atoms with Crippen LogP contribution in [0.3, 0.4) is 0 Å². The van der Waals surface area contributed by atoms with Crippen molar-refractivity contribution in [2.24, 2.45) is 11.8 Å². The van der Waals surface area contributed by atoms with E-state index >= 15 is 0 Å². The van der Waals surface area contributed by atoms with Crippen molar-refractivity contribution in [1.29, 1.82) is 0 Å². The molecule has 184 valence electrons. The molecule has 0 amide bonds. The first-order chi connectivity index (χ1) is 16.1. The van der Waals surface area contributed by atoms with Crippen LogP contribution in [0.4, 0.5) is 25.1 Å². The zero-order valence-electron chi connectivity index (χ0n) is 19.5. The third kappa shape index (κ3) is 4.14. The van der Waals surface area contributed by atoms with Gasteiger partial charge in [0.05, 0.1) is 0 Å². The van der Waals surface area contributed by atoms with Crippen molar-refractivity contribution < 1.29 is 22.3 Å². The third-order valence-electron chi connectivity index (χ3n) is 6.78. The molecule has 12 heteroatoms. The molecule has 0 radical (unpaired) electrons. The largest absolute Gasteiger partial charge is 0.465 e. The average molecular weight is 480 g/mol. The second-order valence-electron chi connectivity index (χ2n) is 9.53. The summed E-state index contributed by atoms with van der Waals surface area (Å²) < 4.78 is 51.5. The lowest BCUT2D eigenvalue weighted by Crippen LogP contribution is -2.48. The lowest BCUT2D eigenvalue weighted by atomic mass is 9.92. The summed E-state index contributed by atoms with van der Waals surface area (Å²) in [6.07, 6.45) is -4.34. The highest BCUT2D eigenvalue weighted by atomic mass is 19.4. The number of nitrogens with one attached hydrogen (secondary N) is 1. The van der Waals surface area contributed by atoms with Gasteiger partial charge in [0.15, 0.2) is 11.8 Å². The molecule has 1 aliphatic heterocycles. The molecule has 1 N–H and O–H groups in total. The standard InChI is InChI=1S/C22H28F3N7O2/c1-11(2)16-7-8-17(33-12(3)22(23,24)25)32-19(16)27-20(30-32)26-18-14-5-6-15(18)10-31(9-14)21-29-28-13(4)34-21/h7-8,11-12,14-15,18H,5-6,9-10H2,1-4H3,(H,26,30)/t12-,14-,15+,18-/m0/s1. The molecule has 2 aliphatic rings. The molecule has 34 heavy (non-hydrogen) atoms. The molecule has 9 nitrogen and oxygen atoms in total. The molecule has 1 aliphatic carbocycles. The molecule has 3 aromatic rings. The summed E-state index contributed by atoms with van der Waals surface area (Å²) in [6.45, 7) is 8.31. The predicted octanol–water partition coefficient (Wildman–Crippen LogP) is 4.20. The molecule has 3 aromatic heterocycles. The maximum absolute atomic E-state index is 13.1. The van der Waals surface area contributed by atoms with Gasteiger partial charge in [0, 0.05) is 32.1 Å². The van der Waals surface area contributed by atoms with Crippen molar-refractivity contribution in [3.05, 3.63) is 23.6 Å². The van der Waals surface area contributed by atoms with Gasteiger partial charge in [-0.15, -0.1) is 10.2 Å². The number of aryl methyl sites for hydroxylation is 1. The second kappa shape index (κ2) is 8.31. The first-order valence-corrected chi connectivity index (χ1v) is 11.5. The summed E-state index contributed by atoms with van der Waals surface area (Å²) in [6, 6.07) is 3.97. The third-order valence-corrected chi connectivity index (χ3v) is 6.78. The molecular formula is C22H28F3N7O2. The summed E-state index contributed by atoms with van der Waals surface area (Å²) >= 11 is 0. The maximum Gasteiger partial charge on any atom is 0.425 e. The molecule has 0 aromatic carbocycles. The molecule has 1 saturated carbocycles. The number of ether oxygens (including phenoxy) is 1. The van der Waals surface area contributed by atoms with Crippen LogP contribution in [0.5, 0.6) is 5.88 Å². The van der Waals surface area contributed by atoms with Crippen LogP contribution < -0.4 is 15.0 Å². The molecule has 0 unspecified atom stereocenters. The highest BCUT2D eigenvalue weighted by Gasteiger charge is 2.44. The fraction of sp³-hybridized carbons (Fsp3) is 0.636. The van der Waals surface area contributed by atoms with Crippen LogP contribution in [0.1, 0.15) is 51.0 Å². The van der Waals surface area contributed by atoms with Crippen molar-refractivity contribution >= 4 is 17.6 Å². The van der Waals surface area contributed by atoms with E-state index in [1.54, 1.807) is 13.0 Å². The Labute approximate surface area is 194 Å². The topological polar surface area (TPSA) is 93.6 Å². The van der Waals surface area contributed by atoms with Crippen LogP contribution >= 0.6 is 0 Å². The zero-order valence-corrected chi connectivity index (χ0v) is 19.5. The molecular weight excluding hydrogens is 451 g/mol. The van der Waals surface area contributed by atoms with Crippen molar-refractivity contribution in [3.63, 3.8) is 0 Å². The summed E-state index contributed by atoms with van der Waals surface area (Å²) in [7, 11) is 0. The van der Waals surface area contributed by atoms with Gasteiger partial charge in [-0.3, -0.25) is 0 Å². The molecule has 0 spiro atoms. The average Bonchev–Trinajstić information content (AvgIpc) is 3.43. The minimum absolute atomic E-state index is 0.00864. The first kappa shape index (κ1) is 22.7. The number of anilines is 2. The van der Waals surface area contributed by atoms with Crippen molar-refractivity contribution in [3.8, 4) is 5.88 Å². The Morgan fingerprint density at radius 2 is 1.82 bits per heavy atom. The number of aromatic nitrogens is 5. The van der Waals surface area contributed by atoms with Crippen LogP contribution in [0.2, 0.25) is 0 Å². The Morgan fingerprint density at radius 3 is 2.41 bits per heavy atom. The van der Waals surface area contributed by atoms with E-state index in [2.05, 4.69) is 30.5 Å². The second-order valence-corrected chi connectivity index (χ2v) is 9.53. The normalized spacial score (nSPS) is 23.6. The van der Waals surface area contributed by atoms with E-state index in [1.807, 2.05) is 13.8 Å². The number of hydrogen-bond acceptors (Lipinski definition) is 8. The van der Waals surface area contributed by atoms with Gasteiger partial charge in [0.1, 0.15) is 0 Å². The summed E-state index contributed by atoms with van der Waals surface area (Å²) in [5.74, 6) is 1.73. The molecule has 4 heterocycles. The van der Waals surface area contributed by atoms with Crippen LogP contribution in [0.15, 0.2) is 16.5 Å². The molecule has 5 rings (SSSR count). The van der Waals surface area contributed by atoms with Gasteiger partial charge < -0.3 is 19.4 Å². The molecule has 4 atom stereocenters. The van der Waals surface area contributed by atoms with Crippen LogP contribution in [0, 0.1) is 18.8 Å². The SMILES string of the molecule is Cc1nnc(N2C[C@H]3CC[C@@H](C2)[C@@H]3Nc2nc3c(C(C)C)ccc(O[C@@H](C)C(F)(F)F)n3n2)o1. The van der Waals surface area contributed by atoms with E-state index in [0.29, 0.717) is 35.3 Å². The van der Waals surface area contributed by atoms with E-state index in [1.165, 1.54) is 10.6 Å². The Balaban J connectivity index is 1.40. The van der Waals surface area contributed by atoms with Gasteiger partial charge in [-0.05, 0) is 49.1 Å². The van der Waals surface area contributed by atoms with E-state index in [4.69, 9.17) is 9.15 Å². The van der Waals surface area contributed by atoms with Crippen LogP contribution in [0.25, 0.3) is 5.65 Å². The van der Waals surface area contributed by atoms with Crippen molar-refractivity contribution in [1.82, 2.24) is 24.8 Å². The van der Waals surface area contributed by atoms with E-state index in [0.717, 1.165) is 38.4 Å². The van der Waals surface area contributed by atoms with E-state index in [9.17, 15) is 13.2 Å². The lowest BCUT2D eigenvalue weighted by Gasteiger charge is -2.37. The lowest BCUT2D eigenvalue weighted by molar-refractivity contribution is -0.190. The number of halogens is 3. The molecule has 2 bridgehead atoms. The van der Waals surface area contributed by atoms with Crippen LogP contribution in [-0.2, 0) is 0 Å². The van der Waals surface area contributed by atoms with Crippen LogP contribution in [-0.4, -0.2) is 56.2 Å². The molecule has 2 fully saturated rings. The Kier molecular flexibility index (Phi) is 5.56. The van der Waals surface area contributed by atoms with Gasteiger partial charge in [-0.1, -0.05) is 18.9 Å². The number of rotatable bonds is 6. The summed E-state index contributed by atoms with van der Waals surface area (Å²) in [5, 5.41) is 16.1. The summed E-state index contributed by atoms with van der Waals surface area (Å²) in [5.41, 5.74) is 1.38. The van der Waals surface area contributed by atoms with Gasteiger partial charge in [-0.25, -0.2) is 0 Å². The minimum Gasteiger partial charge on any atom is -0.465 e. The fourth-order valence-electron chi connectivity index (χ4n) is 4.99. The number of fused-ring (bicyclic) bond motifs is 3. The predicted molar refractivity (Wildman–Crippen MR) is 118 cm³/mol. The highest BCUT2D eigenvalue weighted by Crippen LogP contribution is 2.40. The van der Waals surface area contributed by atoms with Gasteiger partial charge in [-0.2, -0.15) is 22.7 Å². The quantitative estimate of drug-likeness (QED) is 0.562. The fourth-order valence-corrected chi connectivity index (χ4v) is 4.99. The monoisotopic (exact) mass is 479 g/mol. The van der Waals surface area contributed by atoms with E-state index < -0.39 is 12.3 Å². The Bertz CT molecular complexity index is 1160. The maximum atomic E-state index is 13.1. The smallest absolute Gasteiger partial charge is 0.425 e. The van der Waals surface area contributed by atoms with Gasteiger partial charge in [0.25, 0.3) is 0 Å². The number of nitrogens with zero attached hydrogens (tertiary/aromatic N) is 6. The number of pyridine rings is 1. The van der Waals surface area contributed by atoms with E-state index in [-0.39, 0.29) is 17.8 Å². The van der Waals surface area contributed by atoms with Gasteiger partial charge in [0.2, 0.25) is 17.7 Å². The van der Waals surface area contributed by atoms with Gasteiger partial charge >= 0.3 is 12.2 Å². The highest BCUT2D eigenvalue weighted by molar-refractivity contribution is 5.55. The minimum atomic E-state index is -4.48. The number of hydrogen-bond donors (Lipinski definition) is 1. The van der Waals surface area contributed by atoms with Crippen molar-refractivity contribution in [2.45, 2.75) is 64.8 Å². The Morgan fingerprint density at radius 1 is 1.12 bits per heavy atom. The van der Waals surface area contributed by atoms with Crippen molar-refractivity contribution in [2.75, 3.05) is 23.3 Å². The zero-order chi connectivity index (χ0) is 24.2. The number of piperidine rings is 1.